The minimum Gasteiger partial charge on any atom is -0.461 e. The van der Waals surface area contributed by atoms with Crippen LogP contribution in [0.3, 0.4) is 0 Å². The van der Waals surface area contributed by atoms with Crippen LogP contribution in [0.5, 0.6) is 0 Å². The lowest BCUT2D eigenvalue weighted by molar-refractivity contribution is -0.146. The van der Waals surface area contributed by atoms with Crippen LogP contribution in [0.2, 0.25) is 0 Å². The molecule has 2 aromatic carbocycles. The molecule has 2 rings (SSSR count). The van der Waals surface area contributed by atoms with Gasteiger partial charge in [-0.3, -0.25) is 9.59 Å². The summed E-state index contributed by atoms with van der Waals surface area (Å²) in [5.41, 5.74) is 3.90. The molecule has 0 spiro atoms. The number of ether oxygens (including phenoxy) is 2. The molecule has 0 aromatic heterocycles. The maximum absolute atomic E-state index is 12.8. The molecule has 0 radical (unpaired) electrons. The number of nitrogens with zero attached hydrogens (tertiary/aromatic N) is 2. The van der Waals surface area contributed by atoms with Crippen molar-refractivity contribution in [2.45, 2.75) is 131 Å². The molecule has 46 heavy (non-hydrogen) atoms. The summed E-state index contributed by atoms with van der Waals surface area (Å²) in [5.74, 6) is -0.323. The van der Waals surface area contributed by atoms with Crippen LogP contribution < -0.4 is 0 Å². The van der Waals surface area contributed by atoms with E-state index >= 15 is 0 Å². The van der Waals surface area contributed by atoms with Gasteiger partial charge in [-0.15, -0.1) is 0 Å². The highest BCUT2D eigenvalue weighted by Crippen LogP contribution is 2.28. The summed E-state index contributed by atoms with van der Waals surface area (Å²) >= 11 is 0. The Hall–Kier alpha value is -2.70. The maximum Gasteiger partial charge on any atom is 0.307 e. The molecule has 0 saturated carbocycles. The lowest BCUT2D eigenvalue weighted by Crippen LogP contribution is -2.29. The predicted octanol–water partition coefficient (Wildman–Crippen LogP) is 9.59. The minimum atomic E-state index is -0.162. The summed E-state index contributed by atoms with van der Waals surface area (Å²) in [6.07, 6.45) is 15.3. The van der Waals surface area contributed by atoms with Gasteiger partial charge in [-0.2, -0.15) is 0 Å². The highest BCUT2D eigenvalue weighted by molar-refractivity contribution is 5.73. The average Bonchev–Trinajstić information content (AvgIpc) is 3.08. The van der Waals surface area contributed by atoms with Crippen molar-refractivity contribution in [2.75, 3.05) is 39.3 Å². The predicted molar refractivity (Wildman–Crippen MR) is 192 cm³/mol. The Bertz CT molecular complexity index is 1000. The Morgan fingerprint density at radius 1 is 0.478 bits per heavy atom. The van der Waals surface area contributed by atoms with Gasteiger partial charge < -0.3 is 19.3 Å². The highest BCUT2D eigenvalue weighted by atomic mass is 16.5. The Kier molecular flexibility index (Phi) is 21.8. The van der Waals surface area contributed by atoms with Crippen molar-refractivity contribution >= 4 is 11.9 Å². The highest BCUT2D eigenvalue weighted by Gasteiger charge is 2.15. The largest absolute Gasteiger partial charge is 0.461 e. The first kappa shape index (κ1) is 39.5. The first-order valence-corrected chi connectivity index (χ1v) is 18.4. The summed E-state index contributed by atoms with van der Waals surface area (Å²) in [7, 11) is 0. The molecule has 0 amide bonds. The van der Waals surface area contributed by atoms with Crippen LogP contribution in [-0.4, -0.2) is 61.0 Å². The SMILES string of the molecule is CCCCCCN(CCCC)CCC(=O)OCc1ccccc1-c1ccccc1COC(=O)CCN(CCCC)CCCCCC. The Labute approximate surface area is 281 Å². The molecule has 0 bridgehead atoms. The summed E-state index contributed by atoms with van der Waals surface area (Å²) in [6.45, 7) is 15.0. The molecule has 0 atom stereocenters. The molecule has 0 fully saturated rings. The summed E-state index contributed by atoms with van der Waals surface area (Å²) in [5, 5.41) is 0. The van der Waals surface area contributed by atoms with E-state index in [9.17, 15) is 9.59 Å². The third-order valence-electron chi connectivity index (χ3n) is 8.68. The molecular weight excluding hydrogens is 572 g/mol. The van der Waals surface area contributed by atoms with Crippen LogP contribution in [0.1, 0.15) is 129 Å². The average molecular weight is 637 g/mol. The van der Waals surface area contributed by atoms with Gasteiger partial charge in [-0.05, 0) is 74.1 Å². The molecule has 0 heterocycles. The molecule has 2 aromatic rings. The molecule has 258 valence electrons. The first-order chi connectivity index (χ1) is 22.5. The van der Waals surface area contributed by atoms with Crippen molar-refractivity contribution in [1.29, 1.82) is 0 Å². The molecule has 6 heteroatoms. The van der Waals surface area contributed by atoms with Crippen molar-refractivity contribution in [1.82, 2.24) is 9.80 Å². The second-order valence-electron chi connectivity index (χ2n) is 12.6. The number of rotatable bonds is 27. The fourth-order valence-corrected chi connectivity index (χ4v) is 5.74. The van der Waals surface area contributed by atoms with Crippen LogP contribution >= 0.6 is 0 Å². The number of hydrogen-bond acceptors (Lipinski definition) is 6. The molecular formula is C40H64N2O4. The third kappa shape index (κ3) is 16.7. The van der Waals surface area contributed by atoms with Gasteiger partial charge in [0, 0.05) is 13.1 Å². The van der Waals surface area contributed by atoms with Gasteiger partial charge in [0.1, 0.15) is 13.2 Å². The monoisotopic (exact) mass is 636 g/mol. The van der Waals surface area contributed by atoms with E-state index in [2.05, 4.69) is 49.6 Å². The number of unbranched alkanes of at least 4 members (excludes halogenated alkanes) is 8. The van der Waals surface area contributed by atoms with Gasteiger partial charge in [0.2, 0.25) is 0 Å². The Balaban J connectivity index is 1.94. The molecule has 0 aliphatic carbocycles. The van der Waals surface area contributed by atoms with E-state index in [4.69, 9.17) is 9.47 Å². The van der Waals surface area contributed by atoms with E-state index < -0.39 is 0 Å². The van der Waals surface area contributed by atoms with Crippen molar-refractivity contribution in [3.8, 4) is 11.1 Å². The second kappa shape index (κ2) is 25.4. The van der Waals surface area contributed by atoms with Crippen molar-refractivity contribution in [3.05, 3.63) is 59.7 Å². The van der Waals surface area contributed by atoms with Gasteiger partial charge in [-0.25, -0.2) is 0 Å². The maximum atomic E-state index is 12.8. The van der Waals surface area contributed by atoms with Crippen molar-refractivity contribution in [2.24, 2.45) is 0 Å². The molecule has 0 N–H and O–H groups in total. The van der Waals surface area contributed by atoms with E-state index in [1.165, 1.54) is 51.4 Å². The zero-order valence-electron chi connectivity index (χ0n) is 29.7. The minimum absolute atomic E-state index is 0.162. The zero-order valence-corrected chi connectivity index (χ0v) is 29.7. The number of carbonyl (C=O) groups excluding carboxylic acids is 2. The summed E-state index contributed by atoms with van der Waals surface area (Å²) in [6, 6.07) is 16.1. The smallest absolute Gasteiger partial charge is 0.307 e. The van der Waals surface area contributed by atoms with Crippen LogP contribution in [0.15, 0.2) is 48.5 Å². The quantitative estimate of drug-likeness (QED) is 0.0719. The number of carbonyl (C=O) groups is 2. The van der Waals surface area contributed by atoms with Gasteiger partial charge in [0.15, 0.2) is 0 Å². The van der Waals surface area contributed by atoms with E-state index in [0.29, 0.717) is 12.8 Å². The van der Waals surface area contributed by atoms with Crippen LogP contribution in [0, 0.1) is 0 Å². The topological polar surface area (TPSA) is 59.1 Å². The Morgan fingerprint density at radius 2 is 0.848 bits per heavy atom. The van der Waals surface area contributed by atoms with Gasteiger partial charge in [0.25, 0.3) is 0 Å². The standard InChI is InChI=1S/C40H64N2O4/c1-5-9-13-19-29-41(27-11-7-3)31-25-39(43)45-33-35-21-15-17-23-37(35)38-24-18-16-22-36(38)34-46-40(44)26-32-42(28-12-8-4)30-20-14-10-6-2/h15-18,21-24H,5-14,19-20,25-34H2,1-4H3. The van der Waals surface area contributed by atoms with Crippen molar-refractivity contribution < 1.29 is 19.1 Å². The van der Waals surface area contributed by atoms with E-state index in [0.717, 1.165) is 87.2 Å². The lowest BCUT2D eigenvalue weighted by Gasteiger charge is -2.22. The summed E-state index contributed by atoms with van der Waals surface area (Å²) in [4.78, 5) is 30.5. The number of benzene rings is 2. The first-order valence-electron chi connectivity index (χ1n) is 18.4. The second-order valence-corrected chi connectivity index (χ2v) is 12.6. The number of hydrogen-bond donors (Lipinski definition) is 0. The van der Waals surface area contributed by atoms with Gasteiger partial charge >= 0.3 is 11.9 Å². The fraction of sp³-hybridized carbons (Fsp3) is 0.650. The molecule has 0 aliphatic rings. The van der Waals surface area contributed by atoms with Gasteiger partial charge in [0.05, 0.1) is 12.8 Å². The molecule has 0 unspecified atom stereocenters. The number of esters is 2. The molecule has 0 aliphatic heterocycles. The van der Waals surface area contributed by atoms with Crippen LogP contribution in [-0.2, 0) is 32.3 Å². The lowest BCUT2D eigenvalue weighted by atomic mass is 9.96. The molecule has 0 saturated heterocycles. The van der Waals surface area contributed by atoms with E-state index in [1.807, 2.05) is 36.4 Å². The third-order valence-corrected chi connectivity index (χ3v) is 8.68. The summed E-state index contributed by atoms with van der Waals surface area (Å²) < 4.78 is 11.6. The van der Waals surface area contributed by atoms with Crippen LogP contribution in [0.25, 0.3) is 11.1 Å². The van der Waals surface area contributed by atoms with Gasteiger partial charge in [-0.1, -0.05) is 128 Å². The van der Waals surface area contributed by atoms with Crippen LogP contribution in [0.4, 0.5) is 0 Å². The van der Waals surface area contributed by atoms with Crippen molar-refractivity contribution in [3.63, 3.8) is 0 Å². The fourth-order valence-electron chi connectivity index (χ4n) is 5.74. The zero-order chi connectivity index (χ0) is 33.2. The molecule has 6 nitrogen and oxygen atoms in total. The van der Waals surface area contributed by atoms with E-state index in [1.54, 1.807) is 0 Å². The normalized spacial score (nSPS) is 11.3. The van der Waals surface area contributed by atoms with E-state index in [-0.39, 0.29) is 25.2 Å². The Morgan fingerprint density at radius 3 is 1.24 bits per heavy atom.